The molecule has 2 rings (SSSR count). The van der Waals surface area contributed by atoms with Crippen LogP contribution in [0.25, 0.3) is 0 Å². The smallest absolute Gasteiger partial charge is 0.312 e. The van der Waals surface area contributed by atoms with Gasteiger partial charge in [0, 0.05) is 19.9 Å². The van der Waals surface area contributed by atoms with Crippen molar-refractivity contribution in [2.45, 2.75) is 38.4 Å². The van der Waals surface area contributed by atoms with Gasteiger partial charge in [-0.05, 0) is 13.3 Å². The molecular formula is C11H15N3O4. The quantitative estimate of drug-likeness (QED) is 0.589. The summed E-state index contributed by atoms with van der Waals surface area (Å²) in [5.41, 5.74) is 0.380. The van der Waals surface area contributed by atoms with Gasteiger partial charge in [0.2, 0.25) is 0 Å². The fourth-order valence-electron chi connectivity index (χ4n) is 2.26. The van der Waals surface area contributed by atoms with Crippen LogP contribution in [0.4, 0.5) is 5.69 Å². The lowest BCUT2D eigenvalue weighted by atomic mass is 10.1. The zero-order valence-electron chi connectivity index (χ0n) is 10.3. The summed E-state index contributed by atoms with van der Waals surface area (Å²) in [5.74, 6) is 0.134. The Morgan fingerprint density at radius 1 is 1.61 bits per heavy atom. The Morgan fingerprint density at radius 2 is 2.33 bits per heavy atom. The second kappa shape index (κ2) is 4.85. The van der Waals surface area contributed by atoms with Crippen LogP contribution in [0, 0.1) is 10.1 Å². The van der Waals surface area contributed by atoms with E-state index in [4.69, 9.17) is 4.74 Å². The predicted molar refractivity (Wildman–Crippen MR) is 62.0 cm³/mol. The van der Waals surface area contributed by atoms with Gasteiger partial charge in [-0.2, -0.15) is 5.10 Å². The zero-order chi connectivity index (χ0) is 13.3. The summed E-state index contributed by atoms with van der Waals surface area (Å²) in [6.07, 6.45) is 1.76. The first-order valence-electron chi connectivity index (χ1n) is 5.82. The van der Waals surface area contributed by atoms with Crippen LogP contribution in [0.2, 0.25) is 0 Å². The fourth-order valence-corrected chi connectivity index (χ4v) is 2.26. The van der Waals surface area contributed by atoms with E-state index < -0.39 is 11.0 Å². The topological polar surface area (TPSA) is 87.3 Å². The van der Waals surface area contributed by atoms with Crippen molar-refractivity contribution < 1.29 is 14.5 Å². The number of Topliss-reactive ketones (excluding diaryl/α,β-unsaturated/α-hetero) is 1. The van der Waals surface area contributed by atoms with Crippen molar-refractivity contribution in [2.24, 2.45) is 7.05 Å². The lowest BCUT2D eigenvalue weighted by Gasteiger charge is -2.18. The molecule has 0 aromatic carbocycles. The van der Waals surface area contributed by atoms with E-state index in [2.05, 4.69) is 5.10 Å². The monoisotopic (exact) mass is 253 g/mol. The Hall–Kier alpha value is -1.76. The lowest BCUT2D eigenvalue weighted by molar-refractivity contribution is -0.386. The maximum atomic E-state index is 11.5. The Morgan fingerprint density at radius 3 is 3.00 bits per heavy atom. The van der Waals surface area contributed by atoms with E-state index in [0.717, 1.165) is 0 Å². The molecule has 1 fully saturated rings. The van der Waals surface area contributed by atoms with Crippen molar-refractivity contribution in [3.05, 3.63) is 22.0 Å². The minimum atomic E-state index is -0.469. The molecule has 1 aromatic rings. The van der Waals surface area contributed by atoms with E-state index in [-0.39, 0.29) is 17.6 Å². The highest BCUT2D eigenvalue weighted by atomic mass is 16.6. The molecule has 0 saturated carbocycles. The molecule has 1 aliphatic heterocycles. The first-order chi connectivity index (χ1) is 8.49. The number of aryl methyl sites for hydroxylation is 1. The van der Waals surface area contributed by atoms with Crippen LogP contribution in [0.15, 0.2) is 6.20 Å². The molecule has 0 bridgehead atoms. The number of carbonyl (C=O) groups excluding carboxylic acids is 1. The molecule has 18 heavy (non-hydrogen) atoms. The summed E-state index contributed by atoms with van der Waals surface area (Å²) in [6.45, 7) is 1.80. The molecule has 1 aliphatic rings. The Bertz CT molecular complexity index is 483. The summed E-state index contributed by atoms with van der Waals surface area (Å²) in [4.78, 5) is 21.9. The summed E-state index contributed by atoms with van der Waals surface area (Å²) in [5, 5.41) is 14.8. The zero-order valence-corrected chi connectivity index (χ0v) is 10.3. The minimum absolute atomic E-state index is 0.0518. The molecule has 7 heteroatoms. The molecule has 0 unspecified atom stereocenters. The molecule has 0 amide bonds. The number of nitrogens with zero attached hydrogens (tertiary/aromatic N) is 3. The highest BCUT2D eigenvalue weighted by molar-refractivity contribution is 5.79. The number of rotatable bonds is 2. The van der Waals surface area contributed by atoms with Gasteiger partial charge in [0.05, 0.1) is 11.0 Å². The van der Waals surface area contributed by atoms with Gasteiger partial charge in [0.1, 0.15) is 23.8 Å². The SMILES string of the molecule is C[C@@H]1CC(=O)CC[C@H](c2c([N+](=O)[O-])cnn2C)O1. The second-order valence-corrected chi connectivity index (χ2v) is 4.51. The van der Waals surface area contributed by atoms with Crippen molar-refractivity contribution >= 4 is 11.5 Å². The maximum Gasteiger partial charge on any atom is 0.312 e. The molecule has 2 atom stereocenters. The fraction of sp³-hybridized carbons (Fsp3) is 0.636. The van der Waals surface area contributed by atoms with Gasteiger partial charge < -0.3 is 4.74 Å². The predicted octanol–water partition coefficient (Wildman–Crippen LogP) is 1.53. The number of ketones is 1. The summed E-state index contributed by atoms with van der Waals surface area (Å²) >= 11 is 0. The number of aromatic nitrogens is 2. The van der Waals surface area contributed by atoms with Gasteiger partial charge in [0.25, 0.3) is 0 Å². The minimum Gasteiger partial charge on any atom is -0.368 e. The van der Waals surface area contributed by atoms with Crippen molar-refractivity contribution in [2.75, 3.05) is 0 Å². The van der Waals surface area contributed by atoms with Crippen LogP contribution in [-0.2, 0) is 16.6 Å². The average Bonchev–Trinajstić information content (AvgIpc) is 2.58. The third kappa shape index (κ3) is 2.40. The average molecular weight is 253 g/mol. The largest absolute Gasteiger partial charge is 0.368 e. The Balaban J connectivity index is 2.32. The molecule has 1 saturated heterocycles. The van der Waals surface area contributed by atoms with E-state index in [1.54, 1.807) is 14.0 Å². The third-order valence-electron chi connectivity index (χ3n) is 3.06. The molecule has 1 aromatic heterocycles. The van der Waals surface area contributed by atoms with E-state index in [1.807, 2.05) is 0 Å². The molecular weight excluding hydrogens is 238 g/mol. The van der Waals surface area contributed by atoms with Crippen LogP contribution in [0.1, 0.15) is 38.0 Å². The number of ether oxygens (including phenoxy) is 1. The van der Waals surface area contributed by atoms with E-state index in [9.17, 15) is 14.9 Å². The van der Waals surface area contributed by atoms with Gasteiger partial charge in [-0.15, -0.1) is 0 Å². The Labute approximate surface area is 104 Å². The summed E-state index contributed by atoms with van der Waals surface area (Å²) < 4.78 is 7.16. The Kier molecular flexibility index (Phi) is 3.42. The summed E-state index contributed by atoms with van der Waals surface area (Å²) in [6, 6.07) is 0. The van der Waals surface area contributed by atoms with E-state index in [1.165, 1.54) is 10.9 Å². The van der Waals surface area contributed by atoms with Gasteiger partial charge in [0.15, 0.2) is 0 Å². The van der Waals surface area contributed by atoms with Crippen LogP contribution in [-0.4, -0.2) is 26.6 Å². The number of nitro groups is 1. The number of hydrogen-bond acceptors (Lipinski definition) is 5. The normalized spacial score (nSPS) is 24.9. The molecule has 0 aliphatic carbocycles. The van der Waals surface area contributed by atoms with Gasteiger partial charge >= 0.3 is 5.69 Å². The van der Waals surface area contributed by atoms with Gasteiger partial charge in [-0.3, -0.25) is 19.6 Å². The van der Waals surface area contributed by atoms with Crippen molar-refractivity contribution in [1.29, 1.82) is 0 Å². The van der Waals surface area contributed by atoms with Gasteiger partial charge in [-0.25, -0.2) is 0 Å². The van der Waals surface area contributed by atoms with Crippen LogP contribution < -0.4 is 0 Å². The molecule has 7 nitrogen and oxygen atoms in total. The van der Waals surface area contributed by atoms with Crippen molar-refractivity contribution in [1.82, 2.24) is 9.78 Å². The third-order valence-corrected chi connectivity index (χ3v) is 3.06. The first kappa shape index (κ1) is 12.7. The molecule has 98 valence electrons. The first-order valence-corrected chi connectivity index (χ1v) is 5.82. The number of hydrogen-bond donors (Lipinski definition) is 0. The molecule has 2 heterocycles. The number of carbonyl (C=O) groups is 1. The molecule has 0 N–H and O–H groups in total. The highest BCUT2D eigenvalue weighted by Gasteiger charge is 2.31. The van der Waals surface area contributed by atoms with Crippen LogP contribution in [0.3, 0.4) is 0 Å². The van der Waals surface area contributed by atoms with Crippen molar-refractivity contribution in [3.8, 4) is 0 Å². The lowest BCUT2D eigenvalue weighted by Crippen LogP contribution is -2.15. The van der Waals surface area contributed by atoms with Crippen LogP contribution in [0.5, 0.6) is 0 Å². The van der Waals surface area contributed by atoms with Gasteiger partial charge in [-0.1, -0.05) is 0 Å². The summed E-state index contributed by atoms with van der Waals surface area (Å²) in [7, 11) is 1.64. The standard InChI is InChI=1S/C11H15N3O4/c1-7-5-8(15)3-4-10(18-7)11-9(14(16)17)6-12-13(11)2/h6-7,10H,3-5H2,1-2H3/t7-,10-/m1/s1. The van der Waals surface area contributed by atoms with Crippen LogP contribution >= 0.6 is 0 Å². The van der Waals surface area contributed by atoms with E-state index >= 15 is 0 Å². The molecule has 0 radical (unpaired) electrons. The molecule has 0 spiro atoms. The second-order valence-electron chi connectivity index (χ2n) is 4.51. The van der Waals surface area contributed by atoms with E-state index in [0.29, 0.717) is 25.0 Å². The highest BCUT2D eigenvalue weighted by Crippen LogP contribution is 2.33. The maximum absolute atomic E-state index is 11.5. The van der Waals surface area contributed by atoms with Crippen molar-refractivity contribution in [3.63, 3.8) is 0 Å².